The first-order chi connectivity index (χ1) is 23.0. The van der Waals surface area contributed by atoms with E-state index >= 15 is 0 Å². The quantitative estimate of drug-likeness (QED) is 0.0754. The average Bonchev–Trinajstić information content (AvgIpc) is 3.07. The van der Waals surface area contributed by atoms with E-state index in [-0.39, 0.29) is 48.9 Å². The SMILES string of the molecule is CCC(CC)C(=O)/C=C(\O)C(CC)CC.Cc1cc2c(ccc3c4ccnc5c4c(cc23)C(C)(C)c2cc3ccccc3[c-]c2-5)c(C)n1.[Ir]. The molecule has 0 saturated carbocycles. The number of aromatic nitrogens is 2. The van der Waals surface area contributed by atoms with Crippen molar-refractivity contribution in [3.63, 3.8) is 0 Å². The number of ketones is 1. The number of carbonyl (C=O) groups excluding carboxylic acids is 1. The monoisotopic (exact) mass is 828 g/mol. The molecule has 0 aliphatic heterocycles. The number of aliphatic hydroxyl groups excluding tert-OH is 1. The Balaban J connectivity index is 0.000000252. The van der Waals surface area contributed by atoms with Crippen LogP contribution < -0.4 is 0 Å². The van der Waals surface area contributed by atoms with Crippen LogP contribution in [0.3, 0.4) is 0 Å². The van der Waals surface area contributed by atoms with Crippen molar-refractivity contribution in [1.82, 2.24) is 9.97 Å². The molecule has 4 nitrogen and oxygen atoms in total. The van der Waals surface area contributed by atoms with Gasteiger partial charge in [-0.15, -0.1) is 23.6 Å². The molecular formula is C44H47IrN2O2-. The Morgan fingerprint density at radius 3 is 2.16 bits per heavy atom. The summed E-state index contributed by atoms with van der Waals surface area (Å²) >= 11 is 0. The Kier molecular flexibility index (Phi) is 10.8. The number of rotatable bonds is 7. The van der Waals surface area contributed by atoms with Crippen LogP contribution in [-0.2, 0) is 30.3 Å². The predicted octanol–water partition coefficient (Wildman–Crippen LogP) is 11.7. The number of fused-ring (bicyclic) bond motifs is 7. The van der Waals surface area contributed by atoms with E-state index in [2.05, 4.69) is 94.4 Å². The fourth-order valence-electron chi connectivity index (χ4n) is 7.69. The fraction of sp³-hybridized carbons (Fsp3) is 0.341. The Hall–Kier alpha value is -3.92. The van der Waals surface area contributed by atoms with Gasteiger partial charge in [-0.1, -0.05) is 94.5 Å². The van der Waals surface area contributed by atoms with E-state index in [0.717, 1.165) is 53.7 Å². The van der Waals surface area contributed by atoms with Gasteiger partial charge in [0.05, 0.1) is 5.76 Å². The molecule has 7 rings (SSSR count). The summed E-state index contributed by atoms with van der Waals surface area (Å²) in [5.41, 5.74) is 6.78. The molecule has 4 aromatic carbocycles. The average molecular weight is 828 g/mol. The molecule has 49 heavy (non-hydrogen) atoms. The van der Waals surface area contributed by atoms with Crippen LogP contribution in [0, 0.1) is 31.7 Å². The van der Waals surface area contributed by atoms with Crippen molar-refractivity contribution in [2.45, 2.75) is 86.5 Å². The van der Waals surface area contributed by atoms with Crippen LogP contribution >= 0.6 is 0 Å². The van der Waals surface area contributed by atoms with Crippen molar-refractivity contribution >= 4 is 48.9 Å². The number of aryl methyl sites for hydroxylation is 2. The minimum Gasteiger partial charge on any atom is -0.512 e. The topological polar surface area (TPSA) is 63.1 Å². The summed E-state index contributed by atoms with van der Waals surface area (Å²) in [5.74, 6) is 0.547. The third-order valence-corrected chi connectivity index (χ3v) is 10.6. The number of hydrogen-bond donors (Lipinski definition) is 1. The van der Waals surface area contributed by atoms with Crippen LogP contribution in [0.15, 0.2) is 78.7 Å². The molecule has 1 aliphatic carbocycles. The van der Waals surface area contributed by atoms with Crippen LogP contribution in [0.4, 0.5) is 0 Å². The van der Waals surface area contributed by atoms with Crippen LogP contribution in [0.2, 0.25) is 0 Å². The molecule has 0 atom stereocenters. The molecule has 0 saturated heterocycles. The second-order valence-corrected chi connectivity index (χ2v) is 13.9. The minimum absolute atomic E-state index is 0. The van der Waals surface area contributed by atoms with Gasteiger partial charge in [0.1, 0.15) is 0 Å². The molecule has 1 aliphatic rings. The van der Waals surface area contributed by atoms with Gasteiger partial charge in [-0.05, 0) is 89.6 Å². The van der Waals surface area contributed by atoms with Gasteiger partial charge in [0.2, 0.25) is 0 Å². The predicted molar refractivity (Wildman–Crippen MR) is 202 cm³/mol. The van der Waals surface area contributed by atoms with Crippen molar-refractivity contribution < 1.29 is 30.0 Å². The number of pyridine rings is 2. The first-order valence-electron chi connectivity index (χ1n) is 17.6. The zero-order valence-corrected chi connectivity index (χ0v) is 32.4. The van der Waals surface area contributed by atoms with Crippen LogP contribution in [0.5, 0.6) is 0 Å². The Morgan fingerprint density at radius 2 is 1.47 bits per heavy atom. The second-order valence-electron chi connectivity index (χ2n) is 13.9. The van der Waals surface area contributed by atoms with E-state index in [0.29, 0.717) is 0 Å². The molecule has 2 heterocycles. The van der Waals surface area contributed by atoms with Crippen molar-refractivity contribution in [2.24, 2.45) is 11.8 Å². The third kappa shape index (κ3) is 6.44. The van der Waals surface area contributed by atoms with Crippen molar-refractivity contribution in [3.05, 3.63) is 107 Å². The van der Waals surface area contributed by atoms with E-state index in [9.17, 15) is 9.90 Å². The van der Waals surface area contributed by atoms with Gasteiger partial charge >= 0.3 is 0 Å². The Labute approximate surface area is 304 Å². The Bertz CT molecular complexity index is 2230. The van der Waals surface area contributed by atoms with E-state index in [1.54, 1.807) is 0 Å². The van der Waals surface area contributed by atoms with Gasteiger partial charge in [-0.2, -0.15) is 0 Å². The molecule has 1 N–H and O–H groups in total. The van der Waals surface area contributed by atoms with Crippen molar-refractivity contribution in [2.75, 3.05) is 0 Å². The van der Waals surface area contributed by atoms with E-state index < -0.39 is 0 Å². The van der Waals surface area contributed by atoms with Gasteiger partial charge in [-0.25, -0.2) is 0 Å². The van der Waals surface area contributed by atoms with Gasteiger partial charge in [0.25, 0.3) is 0 Å². The molecule has 5 heteroatoms. The minimum atomic E-state index is -0.169. The largest absolute Gasteiger partial charge is 0.512 e. The first-order valence-corrected chi connectivity index (χ1v) is 17.6. The molecule has 0 unspecified atom stereocenters. The van der Waals surface area contributed by atoms with E-state index in [1.807, 2.05) is 33.9 Å². The van der Waals surface area contributed by atoms with Crippen LogP contribution in [0.1, 0.15) is 89.7 Å². The van der Waals surface area contributed by atoms with Gasteiger partial charge in [0.15, 0.2) is 5.78 Å². The maximum Gasteiger partial charge on any atom is 0.162 e. The van der Waals surface area contributed by atoms with E-state index in [4.69, 9.17) is 9.97 Å². The molecule has 2 aromatic heterocycles. The summed E-state index contributed by atoms with van der Waals surface area (Å²) in [4.78, 5) is 21.3. The van der Waals surface area contributed by atoms with Gasteiger partial charge in [-0.3, -0.25) is 14.8 Å². The molecule has 0 fully saturated rings. The number of hydrogen-bond acceptors (Lipinski definition) is 4. The third-order valence-electron chi connectivity index (χ3n) is 10.6. The standard InChI is InChI=1S/C31H23N2.C13H24O2.Ir/c1-17-13-24-21(18(2)33-17)9-10-22-23-11-12-32-30-26-14-19-7-5-6-8-20(19)15-27(26)31(3,4)28(29(23)30)16-25(22)24;1-5-10(6-2)12(14)9-13(15)11(7-3)8-4;/h5-13,15-16H,1-4H3;9-11,14H,5-8H2,1-4H3;/q-1;;/b;12-9-;. The number of aliphatic hydroxyl groups is 1. The fourth-order valence-corrected chi connectivity index (χ4v) is 7.69. The number of carbonyl (C=O) groups is 1. The molecule has 0 spiro atoms. The maximum atomic E-state index is 11.7. The second kappa shape index (κ2) is 14.5. The number of allylic oxidation sites excluding steroid dienone is 2. The smallest absolute Gasteiger partial charge is 0.162 e. The Morgan fingerprint density at radius 1 is 0.816 bits per heavy atom. The van der Waals surface area contributed by atoms with Crippen molar-refractivity contribution in [3.8, 4) is 11.3 Å². The van der Waals surface area contributed by atoms with Gasteiger partial charge in [0, 0.05) is 66.7 Å². The van der Waals surface area contributed by atoms with Crippen LogP contribution in [-0.4, -0.2) is 20.9 Å². The molecular weight excluding hydrogens is 781 g/mol. The molecule has 0 bridgehead atoms. The van der Waals surface area contributed by atoms with Crippen molar-refractivity contribution in [1.29, 1.82) is 0 Å². The van der Waals surface area contributed by atoms with E-state index in [1.165, 1.54) is 54.9 Å². The summed E-state index contributed by atoms with van der Waals surface area (Å²) in [6.45, 7) is 16.9. The summed E-state index contributed by atoms with van der Waals surface area (Å²) in [5, 5.41) is 19.7. The van der Waals surface area contributed by atoms with Crippen LogP contribution in [0.25, 0.3) is 54.3 Å². The summed E-state index contributed by atoms with van der Waals surface area (Å²) in [6, 6.07) is 25.9. The number of benzene rings is 4. The zero-order chi connectivity index (χ0) is 34.3. The molecule has 1 radical (unpaired) electrons. The van der Waals surface area contributed by atoms with Gasteiger partial charge < -0.3 is 5.11 Å². The maximum absolute atomic E-state index is 11.7. The molecule has 255 valence electrons. The summed E-state index contributed by atoms with van der Waals surface area (Å²) in [7, 11) is 0. The molecule has 6 aromatic rings. The zero-order valence-electron chi connectivity index (χ0n) is 30.0. The number of nitrogens with zero attached hydrogens (tertiary/aromatic N) is 2. The summed E-state index contributed by atoms with van der Waals surface area (Å²) in [6.07, 6.45) is 6.86. The molecule has 0 amide bonds. The first kappa shape index (κ1) is 36.4. The normalized spacial score (nSPS) is 13.5. The summed E-state index contributed by atoms with van der Waals surface area (Å²) < 4.78 is 0.